The van der Waals surface area contributed by atoms with E-state index < -0.39 is 11.5 Å². The Kier molecular flexibility index (Phi) is 5.60. The fourth-order valence-electron chi connectivity index (χ4n) is 1.93. The quantitative estimate of drug-likeness (QED) is 0.308. The van der Waals surface area contributed by atoms with E-state index in [-0.39, 0.29) is 22.6 Å². The molecule has 0 aliphatic rings. The monoisotopic (exact) mass is 394 g/mol. The highest BCUT2D eigenvalue weighted by Gasteiger charge is 2.11. The number of non-ortho nitro benzene ring substituents is 1. The number of benzene rings is 2. The van der Waals surface area contributed by atoms with Gasteiger partial charge in [0.05, 0.1) is 16.6 Å². The molecule has 0 bridgehead atoms. The van der Waals surface area contributed by atoms with E-state index in [1.807, 2.05) is 6.07 Å². The maximum atomic E-state index is 12.5. The molecule has 2 aromatic rings. The van der Waals surface area contributed by atoms with Gasteiger partial charge in [-0.25, -0.2) is 0 Å². The zero-order chi connectivity index (χ0) is 17.7. The highest BCUT2D eigenvalue weighted by Crippen LogP contribution is 2.29. The summed E-state index contributed by atoms with van der Waals surface area (Å²) < 4.78 is 30.0. The summed E-state index contributed by atoms with van der Waals surface area (Å²) >= 11 is 3.23. The normalized spacial score (nSPS) is 11.2. The third-order valence-electron chi connectivity index (χ3n) is 3.00. The van der Waals surface area contributed by atoms with Crippen LogP contribution in [0.1, 0.15) is 11.1 Å². The first-order valence-corrected chi connectivity index (χ1v) is 7.31. The maximum Gasteiger partial charge on any atom is 0.387 e. The fraction of sp³-hybridized carbons (Fsp3) is 0.0625. The van der Waals surface area contributed by atoms with Gasteiger partial charge in [0.25, 0.3) is 5.69 Å². The van der Waals surface area contributed by atoms with Crippen LogP contribution in [0.4, 0.5) is 14.5 Å². The molecule has 0 amide bonds. The zero-order valence-corrected chi connectivity index (χ0v) is 13.5. The molecule has 0 spiro atoms. The van der Waals surface area contributed by atoms with Gasteiger partial charge in [0.15, 0.2) is 0 Å². The minimum Gasteiger partial charge on any atom is -0.434 e. The van der Waals surface area contributed by atoms with Crippen molar-refractivity contribution >= 4 is 33.3 Å². The first-order valence-electron chi connectivity index (χ1n) is 6.51. The molecule has 0 aliphatic heterocycles. The number of alkyl halides is 2. The molecule has 24 heavy (non-hydrogen) atoms. The molecule has 2 rings (SSSR count). The van der Waals surface area contributed by atoms with E-state index in [9.17, 15) is 24.2 Å². The SMILES string of the molecule is N#C/C(=C\c1cc(Br)ccc1OC(F)F)c1ccc([N+](=O)[O-])cc1. The summed E-state index contributed by atoms with van der Waals surface area (Å²) in [6, 6.07) is 11.7. The number of hydrogen-bond acceptors (Lipinski definition) is 4. The van der Waals surface area contributed by atoms with Gasteiger partial charge in [0, 0.05) is 22.2 Å². The van der Waals surface area contributed by atoms with Crippen molar-refractivity contribution in [3.8, 4) is 11.8 Å². The van der Waals surface area contributed by atoms with Crippen LogP contribution in [0, 0.1) is 21.4 Å². The standard InChI is InChI=1S/C16H9BrF2N2O3/c17-13-3-6-15(24-16(18)19)11(8-13)7-12(9-20)10-1-4-14(5-2-10)21(22)23/h1-8,16H/b12-7+. The van der Waals surface area contributed by atoms with Gasteiger partial charge in [0.1, 0.15) is 5.75 Å². The van der Waals surface area contributed by atoms with Crippen molar-refractivity contribution in [1.82, 2.24) is 0 Å². The predicted octanol–water partition coefficient (Wildman–Crippen LogP) is 5.02. The number of rotatable bonds is 5. The van der Waals surface area contributed by atoms with Crippen LogP contribution in [-0.2, 0) is 0 Å². The Hall–Kier alpha value is -2.79. The summed E-state index contributed by atoms with van der Waals surface area (Å²) in [5.41, 5.74) is 0.744. The number of allylic oxidation sites excluding steroid dienone is 1. The van der Waals surface area contributed by atoms with Crippen LogP contribution in [0.25, 0.3) is 11.6 Å². The van der Waals surface area contributed by atoms with Gasteiger partial charge in [-0.15, -0.1) is 0 Å². The van der Waals surface area contributed by atoms with Gasteiger partial charge in [0.2, 0.25) is 0 Å². The second kappa shape index (κ2) is 7.66. The third kappa shape index (κ3) is 4.36. The Morgan fingerprint density at radius 3 is 2.50 bits per heavy atom. The minimum atomic E-state index is -3.00. The highest BCUT2D eigenvalue weighted by atomic mass is 79.9. The van der Waals surface area contributed by atoms with Crippen LogP contribution < -0.4 is 4.74 Å². The topological polar surface area (TPSA) is 76.2 Å². The van der Waals surface area contributed by atoms with Gasteiger partial charge in [-0.3, -0.25) is 10.1 Å². The Morgan fingerprint density at radius 2 is 1.96 bits per heavy atom. The second-order valence-corrected chi connectivity index (χ2v) is 5.45. The molecule has 8 heteroatoms. The van der Waals surface area contributed by atoms with E-state index in [2.05, 4.69) is 20.7 Å². The molecule has 0 aromatic heterocycles. The zero-order valence-electron chi connectivity index (χ0n) is 11.9. The van der Waals surface area contributed by atoms with Crippen molar-refractivity contribution < 1.29 is 18.4 Å². The summed E-state index contributed by atoms with van der Waals surface area (Å²) in [7, 11) is 0. The minimum absolute atomic E-state index is 0.0807. The van der Waals surface area contributed by atoms with Crippen molar-refractivity contribution in [3.63, 3.8) is 0 Å². The molecule has 0 aliphatic carbocycles. The molecule has 0 saturated heterocycles. The summed E-state index contributed by atoms with van der Waals surface area (Å²) in [6.45, 7) is -3.00. The molecule has 5 nitrogen and oxygen atoms in total. The first-order chi connectivity index (χ1) is 11.4. The van der Waals surface area contributed by atoms with Gasteiger partial charge >= 0.3 is 6.61 Å². The fourth-order valence-corrected chi connectivity index (χ4v) is 2.31. The van der Waals surface area contributed by atoms with Crippen molar-refractivity contribution in [2.45, 2.75) is 6.61 Å². The molecule has 2 aromatic carbocycles. The first kappa shape index (κ1) is 17.6. The van der Waals surface area contributed by atoms with E-state index in [0.29, 0.717) is 10.0 Å². The molecule has 0 fully saturated rings. The van der Waals surface area contributed by atoms with Crippen LogP contribution in [0.2, 0.25) is 0 Å². The van der Waals surface area contributed by atoms with Gasteiger partial charge in [-0.05, 0) is 42.0 Å². The van der Waals surface area contributed by atoms with Crippen LogP contribution in [0.5, 0.6) is 5.75 Å². The largest absolute Gasteiger partial charge is 0.434 e. The average Bonchev–Trinajstić information content (AvgIpc) is 2.54. The Bertz CT molecular complexity index is 830. The van der Waals surface area contributed by atoms with Gasteiger partial charge in [-0.2, -0.15) is 14.0 Å². The number of nitrogens with zero attached hydrogens (tertiary/aromatic N) is 2. The van der Waals surface area contributed by atoms with Gasteiger partial charge in [-0.1, -0.05) is 15.9 Å². The van der Waals surface area contributed by atoms with Crippen LogP contribution in [0.15, 0.2) is 46.9 Å². The lowest BCUT2D eigenvalue weighted by Gasteiger charge is -2.09. The molecule has 0 unspecified atom stereocenters. The van der Waals surface area contributed by atoms with E-state index in [4.69, 9.17) is 0 Å². The highest BCUT2D eigenvalue weighted by molar-refractivity contribution is 9.10. The second-order valence-electron chi connectivity index (χ2n) is 4.53. The molecular formula is C16H9BrF2N2O3. The predicted molar refractivity (Wildman–Crippen MR) is 87.4 cm³/mol. The Labute approximate surface area is 144 Å². The summed E-state index contributed by atoms with van der Waals surface area (Å²) in [4.78, 5) is 10.1. The molecule has 0 saturated carbocycles. The maximum absolute atomic E-state index is 12.5. The number of nitro benzene ring substituents is 1. The molecule has 122 valence electrons. The number of hydrogen-bond donors (Lipinski definition) is 0. The van der Waals surface area contributed by atoms with Crippen LogP contribution in [0.3, 0.4) is 0 Å². The van der Waals surface area contributed by atoms with Crippen molar-refractivity contribution in [2.75, 3.05) is 0 Å². The lowest BCUT2D eigenvalue weighted by Crippen LogP contribution is -2.03. The third-order valence-corrected chi connectivity index (χ3v) is 3.49. The molecule has 0 heterocycles. The lowest BCUT2D eigenvalue weighted by atomic mass is 10.0. The van der Waals surface area contributed by atoms with Crippen molar-refractivity contribution in [2.24, 2.45) is 0 Å². The summed E-state index contributed by atoms with van der Waals surface area (Å²) in [5, 5.41) is 20.0. The van der Waals surface area contributed by atoms with Crippen LogP contribution in [-0.4, -0.2) is 11.5 Å². The van der Waals surface area contributed by atoms with E-state index in [1.54, 1.807) is 0 Å². The number of halogens is 3. The van der Waals surface area contributed by atoms with E-state index in [0.717, 1.165) is 0 Å². The average molecular weight is 395 g/mol. The molecule has 0 atom stereocenters. The van der Waals surface area contributed by atoms with Gasteiger partial charge < -0.3 is 4.74 Å². The smallest absolute Gasteiger partial charge is 0.387 e. The molecule has 0 N–H and O–H groups in total. The number of nitro groups is 1. The summed E-state index contributed by atoms with van der Waals surface area (Å²) in [6.07, 6.45) is 1.38. The van der Waals surface area contributed by atoms with Crippen molar-refractivity contribution in [1.29, 1.82) is 5.26 Å². The summed E-state index contributed by atoms with van der Waals surface area (Å²) in [5.74, 6) is -0.0807. The molecular weight excluding hydrogens is 386 g/mol. The Morgan fingerprint density at radius 1 is 1.29 bits per heavy atom. The van der Waals surface area contributed by atoms with E-state index >= 15 is 0 Å². The van der Waals surface area contributed by atoms with Crippen LogP contribution >= 0.6 is 15.9 Å². The van der Waals surface area contributed by atoms with Crippen molar-refractivity contribution in [3.05, 3.63) is 68.2 Å². The lowest BCUT2D eigenvalue weighted by molar-refractivity contribution is -0.384. The number of nitriles is 1. The Balaban J connectivity index is 2.45. The molecule has 0 radical (unpaired) electrons. The number of ether oxygens (including phenoxy) is 1. The van der Waals surface area contributed by atoms with E-state index in [1.165, 1.54) is 48.5 Å².